The Morgan fingerprint density at radius 3 is 2.53 bits per heavy atom. The summed E-state index contributed by atoms with van der Waals surface area (Å²) in [6.45, 7) is 6.56. The first kappa shape index (κ1) is 15.2. The molecule has 2 aliphatic rings. The molecule has 2 aliphatic heterocycles. The molecule has 2 N–H and O–H groups in total. The van der Waals surface area contributed by atoms with Crippen LogP contribution in [0, 0.1) is 5.92 Å². The maximum atomic E-state index is 6.19. The average molecular weight is 269 g/mol. The molecule has 2 heterocycles. The van der Waals surface area contributed by atoms with Gasteiger partial charge in [0.1, 0.15) is 0 Å². The van der Waals surface area contributed by atoms with Crippen LogP contribution in [0.2, 0.25) is 0 Å². The maximum Gasteiger partial charge on any atom is 0.0491 e. The van der Waals surface area contributed by atoms with E-state index in [9.17, 15) is 0 Å². The summed E-state index contributed by atoms with van der Waals surface area (Å²) >= 11 is 0. The third-order valence-corrected chi connectivity index (χ3v) is 5.21. The van der Waals surface area contributed by atoms with Crippen molar-refractivity contribution in [1.82, 2.24) is 9.80 Å². The van der Waals surface area contributed by atoms with Gasteiger partial charge in [-0.1, -0.05) is 0 Å². The Balaban J connectivity index is 1.94. The van der Waals surface area contributed by atoms with E-state index in [2.05, 4.69) is 16.8 Å². The zero-order valence-electron chi connectivity index (χ0n) is 12.7. The Hall–Kier alpha value is -0.160. The van der Waals surface area contributed by atoms with Crippen molar-refractivity contribution in [3.05, 3.63) is 0 Å². The lowest BCUT2D eigenvalue weighted by Crippen LogP contribution is -2.56. The molecule has 2 fully saturated rings. The summed E-state index contributed by atoms with van der Waals surface area (Å²) in [5, 5.41) is 0. The fourth-order valence-electron chi connectivity index (χ4n) is 3.77. The number of hydrogen-bond acceptors (Lipinski definition) is 4. The van der Waals surface area contributed by atoms with E-state index >= 15 is 0 Å². The van der Waals surface area contributed by atoms with Crippen molar-refractivity contribution in [2.24, 2.45) is 11.7 Å². The van der Waals surface area contributed by atoms with Crippen LogP contribution in [-0.4, -0.2) is 68.8 Å². The molecule has 0 aromatic carbocycles. The minimum absolute atomic E-state index is 0.267. The highest BCUT2D eigenvalue weighted by molar-refractivity contribution is 4.96. The summed E-state index contributed by atoms with van der Waals surface area (Å²) in [5.74, 6) is 0.754. The smallest absolute Gasteiger partial charge is 0.0491 e. The predicted octanol–water partition coefficient (Wildman–Crippen LogP) is 1.16. The number of rotatable bonds is 4. The van der Waals surface area contributed by atoms with E-state index in [1.54, 1.807) is 0 Å². The molecule has 0 bridgehead atoms. The molecule has 0 saturated carbocycles. The third-order valence-electron chi connectivity index (χ3n) is 5.21. The first-order valence-corrected chi connectivity index (χ1v) is 7.83. The molecule has 19 heavy (non-hydrogen) atoms. The maximum absolute atomic E-state index is 6.19. The molecule has 2 rings (SSSR count). The lowest BCUT2D eigenvalue weighted by atomic mass is 9.85. The van der Waals surface area contributed by atoms with E-state index in [1.807, 2.05) is 7.11 Å². The molecule has 1 atom stereocenters. The van der Waals surface area contributed by atoms with Crippen LogP contribution in [0.4, 0.5) is 0 Å². The fourth-order valence-corrected chi connectivity index (χ4v) is 3.77. The van der Waals surface area contributed by atoms with E-state index in [1.165, 1.54) is 58.3 Å². The van der Waals surface area contributed by atoms with Crippen molar-refractivity contribution in [1.29, 1.82) is 0 Å². The van der Waals surface area contributed by atoms with Crippen LogP contribution in [0.1, 0.15) is 32.1 Å². The summed E-state index contributed by atoms with van der Waals surface area (Å²) in [6.07, 6.45) is 6.32. The minimum atomic E-state index is 0.267. The van der Waals surface area contributed by atoms with Gasteiger partial charge in [-0.05, 0) is 71.2 Å². The van der Waals surface area contributed by atoms with Gasteiger partial charge < -0.3 is 15.4 Å². The molecular weight excluding hydrogens is 238 g/mol. The molecule has 4 heteroatoms. The van der Waals surface area contributed by atoms with Gasteiger partial charge in [-0.2, -0.15) is 0 Å². The summed E-state index contributed by atoms with van der Waals surface area (Å²) in [5.41, 5.74) is 6.46. The SMILES string of the molecule is COCC1CCN(C2(CN)CCCN(C)CC2)CC1. The number of likely N-dealkylation sites (tertiary alicyclic amines) is 2. The lowest BCUT2D eigenvalue weighted by Gasteiger charge is -2.46. The van der Waals surface area contributed by atoms with Gasteiger partial charge in [0.15, 0.2) is 0 Å². The Bertz CT molecular complexity index is 266. The summed E-state index contributed by atoms with van der Waals surface area (Å²) in [4.78, 5) is 5.15. The number of nitrogens with two attached hydrogens (primary N) is 1. The van der Waals surface area contributed by atoms with E-state index in [4.69, 9.17) is 10.5 Å². The van der Waals surface area contributed by atoms with Crippen LogP contribution >= 0.6 is 0 Å². The van der Waals surface area contributed by atoms with Crippen LogP contribution < -0.4 is 5.73 Å². The Morgan fingerprint density at radius 2 is 1.89 bits per heavy atom. The van der Waals surface area contributed by atoms with Gasteiger partial charge >= 0.3 is 0 Å². The van der Waals surface area contributed by atoms with Gasteiger partial charge in [-0.25, -0.2) is 0 Å². The van der Waals surface area contributed by atoms with Crippen LogP contribution in [-0.2, 0) is 4.74 Å². The second kappa shape index (κ2) is 7.02. The minimum Gasteiger partial charge on any atom is -0.384 e. The fraction of sp³-hybridized carbons (Fsp3) is 1.00. The van der Waals surface area contributed by atoms with Gasteiger partial charge in [0.2, 0.25) is 0 Å². The zero-order valence-corrected chi connectivity index (χ0v) is 12.7. The largest absolute Gasteiger partial charge is 0.384 e. The first-order valence-electron chi connectivity index (χ1n) is 7.83. The Labute approximate surface area is 118 Å². The number of nitrogens with zero attached hydrogens (tertiary/aromatic N) is 2. The van der Waals surface area contributed by atoms with Crippen LogP contribution in [0.15, 0.2) is 0 Å². The molecule has 0 aliphatic carbocycles. The second-order valence-electron chi connectivity index (χ2n) is 6.47. The van der Waals surface area contributed by atoms with Crippen molar-refractivity contribution < 1.29 is 4.74 Å². The average Bonchev–Trinajstić information content (AvgIpc) is 2.63. The topological polar surface area (TPSA) is 41.7 Å². The monoisotopic (exact) mass is 269 g/mol. The molecular formula is C15H31N3O. The number of ether oxygens (including phenoxy) is 1. The molecule has 0 amide bonds. The number of hydrogen-bond donors (Lipinski definition) is 1. The summed E-state index contributed by atoms with van der Waals surface area (Å²) in [6, 6.07) is 0. The molecule has 0 spiro atoms. The Morgan fingerprint density at radius 1 is 1.16 bits per heavy atom. The molecule has 4 nitrogen and oxygen atoms in total. The van der Waals surface area contributed by atoms with Crippen LogP contribution in [0.5, 0.6) is 0 Å². The molecule has 0 aromatic heterocycles. The van der Waals surface area contributed by atoms with Gasteiger partial charge in [0, 0.05) is 25.8 Å². The second-order valence-corrected chi connectivity index (χ2v) is 6.47. The first-order chi connectivity index (χ1) is 9.20. The molecule has 2 saturated heterocycles. The third kappa shape index (κ3) is 3.69. The Kier molecular flexibility index (Phi) is 5.63. The van der Waals surface area contributed by atoms with Crippen molar-refractivity contribution in [3.8, 4) is 0 Å². The zero-order chi connectivity index (χ0) is 13.7. The van der Waals surface area contributed by atoms with Crippen LogP contribution in [0.25, 0.3) is 0 Å². The van der Waals surface area contributed by atoms with Crippen molar-refractivity contribution in [2.75, 3.05) is 53.5 Å². The highest BCUT2D eigenvalue weighted by Gasteiger charge is 2.38. The standard InChI is InChI=1S/C15H31N3O/c1-17-8-3-6-15(13-16,7-11-17)18-9-4-14(5-10-18)12-19-2/h14H,3-13,16H2,1-2H3. The van der Waals surface area contributed by atoms with Crippen molar-refractivity contribution in [3.63, 3.8) is 0 Å². The lowest BCUT2D eigenvalue weighted by molar-refractivity contribution is 0.0255. The van der Waals surface area contributed by atoms with Crippen LogP contribution in [0.3, 0.4) is 0 Å². The summed E-state index contributed by atoms with van der Waals surface area (Å²) < 4.78 is 5.30. The van der Waals surface area contributed by atoms with Gasteiger partial charge in [0.25, 0.3) is 0 Å². The molecule has 112 valence electrons. The van der Waals surface area contributed by atoms with E-state index in [0.29, 0.717) is 0 Å². The number of methoxy groups -OCH3 is 1. The summed E-state index contributed by atoms with van der Waals surface area (Å²) in [7, 11) is 4.05. The molecule has 0 radical (unpaired) electrons. The van der Waals surface area contributed by atoms with E-state index < -0.39 is 0 Å². The number of piperidine rings is 1. The quantitative estimate of drug-likeness (QED) is 0.831. The predicted molar refractivity (Wildman–Crippen MR) is 79.3 cm³/mol. The van der Waals surface area contributed by atoms with Crippen molar-refractivity contribution in [2.45, 2.75) is 37.6 Å². The van der Waals surface area contributed by atoms with E-state index in [0.717, 1.165) is 19.1 Å². The highest BCUT2D eigenvalue weighted by atomic mass is 16.5. The van der Waals surface area contributed by atoms with E-state index in [-0.39, 0.29) is 5.54 Å². The van der Waals surface area contributed by atoms with Gasteiger partial charge in [-0.15, -0.1) is 0 Å². The van der Waals surface area contributed by atoms with Crippen molar-refractivity contribution >= 4 is 0 Å². The highest BCUT2D eigenvalue weighted by Crippen LogP contribution is 2.32. The molecule has 1 unspecified atom stereocenters. The van der Waals surface area contributed by atoms with Gasteiger partial charge in [-0.3, -0.25) is 4.90 Å². The molecule has 0 aromatic rings. The normalized spacial score (nSPS) is 32.4. The van der Waals surface area contributed by atoms with Gasteiger partial charge in [0.05, 0.1) is 0 Å².